The highest BCUT2D eigenvalue weighted by atomic mass is 35.5. The van der Waals surface area contributed by atoms with Crippen molar-refractivity contribution in [3.05, 3.63) is 11.1 Å². The van der Waals surface area contributed by atoms with Gasteiger partial charge < -0.3 is 10.6 Å². The molecule has 132 valence electrons. The molecule has 2 N–H and O–H groups in total. The van der Waals surface area contributed by atoms with E-state index in [4.69, 9.17) is 11.6 Å². The molecule has 0 aromatic rings. The Morgan fingerprint density at radius 1 is 1.48 bits per heavy atom. The van der Waals surface area contributed by atoms with E-state index in [-0.39, 0.29) is 11.9 Å². The maximum atomic E-state index is 12.8. The molecule has 1 fully saturated rings. The van der Waals surface area contributed by atoms with Gasteiger partial charge in [0, 0.05) is 44.3 Å². The first-order valence-electron chi connectivity index (χ1n) is 8.34. The molecule has 1 saturated heterocycles. The van der Waals surface area contributed by atoms with Crippen LogP contribution in [0.15, 0.2) is 16.1 Å². The molecule has 1 atom stereocenters. The Hall–Kier alpha value is -0.950. The highest BCUT2D eigenvalue weighted by Crippen LogP contribution is 2.14. The summed E-state index contributed by atoms with van der Waals surface area (Å²) in [6, 6.07) is -0.0262. The van der Waals surface area contributed by atoms with E-state index in [0.29, 0.717) is 10.9 Å². The molecule has 0 radical (unpaired) electrons. The van der Waals surface area contributed by atoms with Crippen molar-refractivity contribution >= 4 is 23.3 Å². The minimum absolute atomic E-state index is 0.0262. The number of halogens is 1. The van der Waals surface area contributed by atoms with E-state index in [9.17, 15) is 4.79 Å². The fourth-order valence-corrected chi connectivity index (χ4v) is 2.69. The normalized spacial score (nSPS) is 18.8. The number of carbonyl (C=O) groups excluding carboxylic acids is 1. The van der Waals surface area contributed by atoms with Crippen molar-refractivity contribution in [1.82, 2.24) is 20.7 Å². The van der Waals surface area contributed by atoms with Gasteiger partial charge in [-0.15, -0.1) is 0 Å². The summed E-state index contributed by atoms with van der Waals surface area (Å²) in [4.78, 5) is 17.2. The van der Waals surface area contributed by atoms with E-state index < -0.39 is 0 Å². The van der Waals surface area contributed by atoms with Gasteiger partial charge in [-0.1, -0.05) is 24.9 Å². The fraction of sp³-hybridized carbons (Fsp3) is 0.750. The molecule has 0 unspecified atom stereocenters. The van der Waals surface area contributed by atoms with Crippen LogP contribution < -0.4 is 10.6 Å². The summed E-state index contributed by atoms with van der Waals surface area (Å²) in [7, 11) is 3.58. The second-order valence-electron chi connectivity index (χ2n) is 5.64. The van der Waals surface area contributed by atoms with Gasteiger partial charge in [-0.2, -0.15) is 0 Å². The largest absolute Gasteiger partial charge is 0.314 e. The van der Waals surface area contributed by atoms with Crippen molar-refractivity contribution in [2.75, 3.05) is 40.3 Å². The molecule has 23 heavy (non-hydrogen) atoms. The maximum Gasteiger partial charge on any atom is 0.267 e. The third-order valence-electron chi connectivity index (χ3n) is 3.90. The SMILES string of the molecule is CCCC/C(Cl)=C/C(=O)N(C(=NC)[C@H](C)NC)N1CCNCC1. The predicted octanol–water partition coefficient (Wildman–Crippen LogP) is 1.58. The molecule has 7 heteroatoms. The highest BCUT2D eigenvalue weighted by Gasteiger charge is 2.28. The summed E-state index contributed by atoms with van der Waals surface area (Å²) in [5.74, 6) is 0.575. The van der Waals surface area contributed by atoms with Gasteiger partial charge in [-0.25, -0.2) is 10.0 Å². The van der Waals surface area contributed by atoms with Crippen LogP contribution in [0.4, 0.5) is 0 Å². The van der Waals surface area contributed by atoms with Crippen LogP contribution in [0.5, 0.6) is 0 Å². The zero-order chi connectivity index (χ0) is 17.2. The van der Waals surface area contributed by atoms with Crippen molar-refractivity contribution in [3.8, 4) is 0 Å². The van der Waals surface area contributed by atoms with Crippen LogP contribution in [0.3, 0.4) is 0 Å². The van der Waals surface area contributed by atoms with Crippen molar-refractivity contribution < 1.29 is 4.79 Å². The van der Waals surface area contributed by atoms with Gasteiger partial charge >= 0.3 is 0 Å². The van der Waals surface area contributed by atoms with E-state index in [0.717, 1.165) is 45.4 Å². The van der Waals surface area contributed by atoms with E-state index in [1.165, 1.54) is 6.08 Å². The molecule has 0 saturated carbocycles. The number of aliphatic imine (C=N–C) groups is 1. The lowest BCUT2D eigenvalue weighted by molar-refractivity contribution is -0.135. The van der Waals surface area contributed by atoms with Crippen LogP contribution >= 0.6 is 11.6 Å². The summed E-state index contributed by atoms with van der Waals surface area (Å²) in [5, 5.41) is 10.8. The number of amidine groups is 1. The first-order valence-corrected chi connectivity index (χ1v) is 8.72. The Labute approximate surface area is 144 Å². The number of rotatable bonds is 7. The second-order valence-corrected chi connectivity index (χ2v) is 6.13. The van der Waals surface area contributed by atoms with Crippen LogP contribution in [0, 0.1) is 0 Å². The lowest BCUT2D eigenvalue weighted by Crippen LogP contribution is -2.59. The molecule has 0 aromatic carbocycles. The third-order valence-corrected chi connectivity index (χ3v) is 4.20. The zero-order valence-electron chi connectivity index (χ0n) is 14.7. The van der Waals surface area contributed by atoms with Gasteiger partial charge in [0.2, 0.25) is 0 Å². The molecule has 1 heterocycles. The Kier molecular flexibility index (Phi) is 9.40. The van der Waals surface area contributed by atoms with Crippen LogP contribution in [-0.2, 0) is 4.79 Å². The van der Waals surface area contributed by atoms with Gasteiger partial charge in [0.1, 0.15) is 5.84 Å². The number of carbonyl (C=O) groups is 1. The van der Waals surface area contributed by atoms with Gasteiger partial charge in [-0.05, 0) is 26.8 Å². The molecule has 1 rings (SSSR count). The number of unbranched alkanes of at least 4 members (excludes halogenated alkanes) is 1. The minimum atomic E-state index is -0.129. The molecule has 0 aliphatic carbocycles. The molecule has 6 nitrogen and oxygen atoms in total. The summed E-state index contributed by atoms with van der Waals surface area (Å²) >= 11 is 6.23. The smallest absolute Gasteiger partial charge is 0.267 e. The Balaban J connectivity index is 3.00. The summed E-state index contributed by atoms with van der Waals surface area (Å²) in [5.41, 5.74) is 0. The average molecular weight is 344 g/mol. The van der Waals surface area contributed by atoms with E-state index >= 15 is 0 Å². The van der Waals surface area contributed by atoms with E-state index in [1.54, 1.807) is 12.1 Å². The standard InChI is InChI=1S/C16H30ClN5O/c1-5-6-7-14(17)12-15(23)22(16(19-4)13(2)18-3)21-10-8-20-9-11-21/h12-13,18,20H,5-11H2,1-4H3/b14-12-,19-16?/t13-/m0/s1. The zero-order valence-corrected chi connectivity index (χ0v) is 15.5. The van der Waals surface area contributed by atoms with Gasteiger partial charge in [0.05, 0.1) is 6.04 Å². The second kappa shape index (κ2) is 10.8. The van der Waals surface area contributed by atoms with Crippen LogP contribution in [0.2, 0.25) is 0 Å². The molecule has 0 bridgehead atoms. The molecule has 0 spiro atoms. The lowest BCUT2D eigenvalue weighted by Gasteiger charge is -2.38. The number of piperazine rings is 1. The van der Waals surface area contributed by atoms with Gasteiger partial charge in [0.25, 0.3) is 5.91 Å². The van der Waals surface area contributed by atoms with Gasteiger partial charge in [0.15, 0.2) is 0 Å². The van der Waals surface area contributed by atoms with E-state index in [1.807, 2.05) is 19.0 Å². The molecule has 1 amide bonds. The van der Waals surface area contributed by atoms with Gasteiger partial charge in [-0.3, -0.25) is 9.79 Å². The number of hydrazine groups is 1. The number of likely N-dealkylation sites (N-methyl/N-ethyl adjacent to an activating group) is 1. The van der Waals surface area contributed by atoms with Crippen molar-refractivity contribution in [1.29, 1.82) is 0 Å². The topological polar surface area (TPSA) is 60.0 Å². The highest BCUT2D eigenvalue weighted by molar-refractivity contribution is 6.31. The summed E-state index contributed by atoms with van der Waals surface area (Å²) < 4.78 is 0. The monoisotopic (exact) mass is 343 g/mol. The molecule has 1 aliphatic rings. The molecule has 0 aromatic heterocycles. The van der Waals surface area contributed by atoms with E-state index in [2.05, 4.69) is 22.5 Å². The Morgan fingerprint density at radius 3 is 2.65 bits per heavy atom. The lowest BCUT2D eigenvalue weighted by atomic mass is 10.2. The molecular formula is C16H30ClN5O. The quantitative estimate of drug-likeness (QED) is 0.418. The summed E-state index contributed by atoms with van der Waals surface area (Å²) in [6.07, 6.45) is 4.31. The number of allylic oxidation sites excluding steroid dienone is 1. The number of nitrogens with zero attached hydrogens (tertiary/aromatic N) is 3. The third kappa shape index (κ3) is 6.22. The predicted molar refractivity (Wildman–Crippen MR) is 96.6 cm³/mol. The number of hydrogen-bond acceptors (Lipinski definition) is 5. The summed E-state index contributed by atoms with van der Waals surface area (Å²) in [6.45, 7) is 7.33. The first kappa shape index (κ1) is 20.1. The number of hydrogen-bond donors (Lipinski definition) is 2. The average Bonchev–Trinajstić information content (AvgIpc) is 2.57. The Bertz CT molecular complexity index is 432. The minimum Gasteiger partial charge on any atom is -0.314 e. The van der Waals surface area contributed by atoms with Crippen LogP contribution in [0.25, 0.3) is 0 Å². The van der Waals surface area contributed by atoms with Crippen molar-refractivity contribution in [2.45, 2.75) is 39.2 Å². The number of amides is 1. The van der Waals surface area contributed by atoms with Crippen LogP contribution in [0.1, 0.15) is 33.1 Å². The number of nitrogens with one attached hydrogen (secondary N) is 2. The molecular weight excluding hydrogens is 314 g/mol. The van der Waals surface area contributed by atoms with Crippen LogP contribution in [-0.4, -0.2) is 68.1 Å². The maximum absolute atomic E-state index is 12.8. The first-order chi connectivity index (χ1) is 11.0. The van der Waals surface area contributed by atoms with Crippen molar-refractivity contribution in [2.24, 2.45) is 4.99 Å². The Morgan fingerprint density at radius 2 is 2.13 bits per heavy atom. The van der Waals surface area contributed by atoms with Crippen molar-refractivity contribution in [3.63, 3.8) is 0 Å². The molecule has 1 aliphatic heterocycles. The fourth-order valence-electron chi connectivity index (χ4n) is 2.46.